The third kappa shape index (κ3) is 5.61. The smallest absolute Gasteiger partial charge is 0.0991 e. The summed E-state index contributed by atoms with van der Waals surface area (Å²) < 4.78 is 0. The Balaban J connectivity index is 1.35. The van der Waals surface area contributed by atoms with Crippen molar-refractivity contribution in [3.8, 4) is 12.1 Å². The van der Waals surface area contributed by atoms with E-state index in [4.69, 9.17) is 10.5 Å². The maximum atomic E-state index is 8.97. The van der Waals surface area contributed by atoms with Gasteiger partial charge in [0.2, 0.25) is 0 Å². The molecule has 4 aromatic carbocycles. The molecule has 0 atom stereocenters. The molecule has 1 aliphatic rings. The Bertz CT molecular complexity index is 1390. The first-order valence-electron chi connectivity index (χ1n) is 13.0. The quantitative estimate of drug-likeness (QED) is 0.255. The van der Waals surface area contributed by atoms with Crippen LogP contribution in [0.5, 0.6) is 0 Å². The van der Waals surface area contributed by atoms with Crippen molar-refractivity contribution in [3.63, 3.8) is 0 Å². The summed E-state index contributed by atoms with van der Waals surface area (Å²) in [6.07, 6.45) is 9.66. The van der Waals surface area contributed by atoms with E-state index in [1.807, 2.05) is 36.7 Å². The summed E-state index contributed by atoms with van der Waals surface area (Å²) in [4.78, 5) is 9.28. The normalized spacial score (nSPS) is 14.8. The van der Waals surface area contributed by atoms with Gasteiger partial charge in [0.15, 0.2) is 0 Å². The molecule has 0 bridgehead atoms. The van der Waals surface area contributed by atoms with Crippen LogP contribution >= 0.6 is 0 Å². The maximum absolute atomic E-state index is 8.97. The highest BCUT2D eigenvalue weighted by Gasteiger charge is 2.35. The van der Waals surface area contributed by atoms with Gasteiger partial charge < -0.3 is 0 Å². The Morgan fingerprint density at radius 1 is 0.526 bits per heavy atom. The highest BCUT2D eigenvalue weighted by Crippen LogP contribution is 2.45. The summed E-state index contributed by atoms with van der Waals surface area (Å²) in [6.45, 7) is 0. The van der Waals surface area contributed by atoms with Crippen LogP contribution in [0.3, 0.4) is 0 Å². The summed E-state index contributed by atoms with van der Waals surface area (Å²) in [7, 11) is 0. The van der Waals surface area contributed by atoms with Gasteiger partial charge in [-0.3, -0.25) is 9.98 Å². The first kappa shape index (κ1) is 24.9. The molecule has 0 aromatic heterocycles. The first-order valence-corrected chi connectivity index (χ1v) is 13.0. The van der Waals surface area contributed by atoms with E-state index in [-0.39, 0.29) is 5.41 Å². The predicted octanol–water partition coefficient (Wildman–Crippen LogP) is 8.18. The van der Waals surface area contributed by atoms with E-state index in [0.29, 0.717) is 11.1 Å². The summed E-state index contributed by atoms with van der Waals surface area (Å²) in [5.74, 6) is 0. The Hall–Kier alpha value is -4.80. The molecule has 184 valence electrons. The van der Waals surface area contributed by atoms with Crippen molar-refractivity contribution in [1.82, 2.24) is 0 Å². The number of rotatable bonds is 6. The molecule has 1 fully saturated rings. The molecule has 0 radical (unpaired) electrons. The van der Waals surface area contributed by atoms with Crippen molar-refractivity contribution in [2.75, 3.05) is 0 Å². The van der Waals surface area contributed by atoms with Gasteiger partial charge in [-0.15, -0.1) is 0 Å². The minimum absolute atomic E-state index is 0.00297. The van der Waals surface area contributed by atoms with Gasteiger partial charge in [0.05, 0.1) is 34.6 Å². The fourth-order valence-corrected chi connectivity index (χ4v) is 5.22. The van der Waals surface area contributed by atoms with Gasteiger partial charge in [-0.05, 0) is 83.6 Å². The van der Waals surface area contributed by atoms with Crippen molar-refractivity contribution < 1.29 is 0 Å². The lowest BCUT2D eigenvalue weighted by molar-refractivity contribution is 0.346. The van der Waals surface area contributed by atoms with E-state index >= 15 is 0 Å². The van der Waals surface area contributed by atoms with E-state index < -0.39 is 0 Å². The number of nitriles is 2. The molecular formula is C34H28N4. The second-order valence-electron chi connectivity index (χ2n) is 9.72. The molecule has 1 saturated carbocycles. The highest BCUT2D eigenvalue weighted by molar-refractivity contribution is 5.82. The van der Waals surface area contributed by atoms with Crippen molar-refractivity contribution >= 4 is 23.8 Å². The largest absolute Gasteiger partial charge is 0.256 e. The summed E-state index contributed by atoms with van der Waals surface area (Å²) in [6, 6.07) is 36.5. The molecule has 4 aromatic rings. The number of aliphatic imine (C=N–C) groups is 2. The minimum Gasteiger partial charge on any atom is -0.256 e. The van der Waals surface area contributed by atoms with Crippen LogP contribution in [0.15, 0.2) is 107 Å². The fraction of sp³-hybridized carbons (Fsp3) is 0.176. The molecule has 0 N–H and O–H groups in total. The number of benzene rings is 4. The molecule has 0 spiro atoms. The maximum Gasteiger partial charge on any atom is 0.0991 e. The zero-order valence-electron chi connectivity index (χ0n) is 21.2. The predicted molar refractivity (Wildman–Crippen MR) is 154 cm³/mol. The topological polar surface area (TPSA) is 72.3 Å². The molecular weight excluding hydrogens is 464 g/mol. The SMILES string of the molecule is N#Cc1ccc(C=Nc2ccc(C3(c4ccc(N=Cc5ccc(C#N)cc5)cc4)CCCCC3)cc2)cc1. The van der Waals surface area contributed by atoms with Crippen LogP contribution in [-0.2, 0) is 5.41 Å². The monoisotopic (exact) mass is 492 g/mol. The third-order valence-corrected chi connectivity index (χ3v) is 7.35. The molecule has 4 nitrogen and oxygen atoms in total. The standard InChI is InChI=1S/C34H28N4/c35-22-26-4-8-28(9-5-26)24-37-32-16-12-30(13-17-32)34(20-2-1-3-21-34)31-14-18-33(19-15-31)38-25-29-10-6-27(23-36)7-11-29/h4-19,24-25H,1-3,20-21H2. The first-order chi connectivity index (χ1) is 18.7. The molecule has 5 rings (SSSR count). The Morgan fingerprint density at radius 2 is 0.921 bits per heavy atom. The molecule has 4 heteroatoms. The highest BCUT2D eigenvalue weighted by atomic mass is 14.7. The number of nitrogens with zero attached hydrogens (tertiary/aromatic N) is 4. The van der Waals surface area contributed by atoms with Crippen LogP contribution in [-0.4, -0.2) is 12.4 Å². The average Bonchev–Trinajstić information content (AvgIpc) is 3.00. The zero-order chi connectivity index (χ0) is 26.2. The van der Waals surface area contributed by atoms with Crippen molar-refractivity contribution in [1.29, 1.82) is 10.5 Å². The number of hydrogen-bond donors (Lipinski definition) is 0. The van der Waals surface area contributed by atoms with E-state index in [1.165, 1.54) is 30.4 Å². The molecule has 0 aliphatic heterocycles. The summed E-state index contributed by atoms with van der Waals surface area (Å²) >= 11 is 0. The van der Waals surface area contributed by atoms with Crippen LogP contribution in [0.25, 0.3) is 0 Å². The van der Waals surface area contributed by atoms with Gasteiger partial charge in [-0.2, -0.15) is 10.5 Å². The third-order valence-electron chi connectivity index (χ3n) is 7.35. The lowest BCUT2D eigenvalue weighted by Crippen LogP contribution is -2.30. The van der Waals surface area contributed by atoms with E-state index in [2.05, 4.69) is 70.7 Å². The lowest BCUT2D eigenvalue weighted by Gasteiger charge is -2.38. The number of hydrogen-bond acceptors (Lipinski definition) is 4. The molecule has 0 unspecified atom stereocenters. The van der Waals surface area contributed by atoms with Crippen LogP contribution in [0.1, 0.15) is 65.5 Å². The van der Waals surface area contributed by atoms with Crippen LogP contribution in [0, 0.1) is 22.7 Å². The molecule has 0 heterocycles. The lowest BCUT2D eigenvalue weighted by atomic mass is 9.65. The minimum atomic E-state index is 0.00297. The van der Waals surface area contributed by atoms with Gasteiger partial charge in [0.1, 0.15) is 0 Å². The zero-order valence-corrected chi connectivity index (χ0v) is 21.2. The molecule has 0 saturated heterocycles. The van der Waals surface area contributed by atoms with Crippen molar-refractivity contribution in [2.24, 2.45) is 9.98 Å². The van der Waals surface area contributed by atoms with Crippen molar-refractivity contribution in [2.45, 2.75) is 37.5 Å². The fourth-order valence-electron chi connectivity index (χ4n) is 5.22. The van der Waals surface area contributed by atoms with Gasteiger partial charge >= 0.3 is 0 Å². The van der Waals surface area contributed by atoms with Gasteiger partial charge in [-0.25, -0.2) is 0 Å². The van der Waals surface area contributed by atoms with Crippen LogP contribution in [0.2, 0.25) is 0 Å². The Morgan fingerprint density at radius 3 is 1.29 bits per heavy atom. The van der Waals surface area contributed by atoms with E-state index in [1.54, 1.807) is 24.3 Å². The van der Waals surface area contributed by atoms with Crippen LogP contribution in [0.4, 0.5) is 11.4 Å². The van der Waals surface area contributed by atoms with Gasteiger partial charge in [0, 0.05) is 17.8 Å². The van der Waals surface area contributed by atoms with Crippen LogP contribution < -0.4 is 0 Å². The summed E-state index contributed by atoms with van der Waals surface area (Å²) in [5, 5.41) is 17.9. The molecule has 1 aliphatic carbocycles. The molecule has 38 heavy (non-hydrogen) atoms. The Labute approximate surface area is 224 Å². The second kappa shape index (κ2) is 11.5. The van der Waals surface area contributed by atoms with Gasteiger partial charge in [0.25, 0.3) is 0 Å². The summed E-state index contributed by atoms with van der Waals surface area (Å²) in [5.41, 5.74) is 7.74. The Kier molecular flexibility index (Phi) is 7.53. The van der Waals surface area contributed by atoms with E-state index in [9.17, 15) is 0 Å². The average molecular weight is 493 g/mol. The van der Waals surface area contributed by atoms with Crippen molar-refractivity contribution in [3.05, 3.63) is 130 Å². The van der Waals surface area contributed by atoms with E-state index in [0.717, 1.165) is 35.3 Å². The molecule has 0 amide bonds. The second-order valence-corrected chi connectivity index (χ2v) is 9.72. The van der Waals surface area contributed by atoms with Gasteiger partial charge in [-0.1, -0.05) is 67.8 Å².